The lowest BCUT2D eigenvalue weighted by molar-refractivity contribution is -0.136. The molecule has 0 aliphatic carbocycles. The third kappa shape index (κ3) is 4.34. The number of piperazine rings is 1. The van der Waals surface area contributed by atoms with E-state index in [9.17, 15) is 14.0 Å². The molecule has 0 unspecified atom stereocenters. The first kappa shape index (κ1) is 18.9. The van der Waals surface area contributed by atoms with Gasteiger partial charge in [-0.1, -0.05) is 30.3 Å². The Labute approximate surface area is 167 Å². The Bertz CT molecular complexity index is 1030. The van der Waals surface area contributed by atoms with Crippen molar-refractivity contribution in [3.8, 4) is 0 Å². The molecule has 1 aliphatic rings. The average molecular weight is 393 g/mol. The summed E-state index contributed by atoms with van der Waals surface area (Å²) in [5.74, 6) is -0.296. The van der Waals surface area contributed by atoms with Crippen LogP contribution in [0.15, 0.2) is 59.0 Å². The minimum Gasteiger partial charge on any atom is -0.437 e. The van der Waals surface area contributed by atoms with Crippen LogP contribution in [-0.4, -0.2) is 52.8 Å². The summed E-state index contributed by atoms with van der Waals surface area (Å²) < 4.78 is 19.3. The maximum absolute atomic E-state index is 13.7. The number of para-hydroxylation sites is 2. The van der Waals surface area contributed by atoms with Gasteiger partial charge < -0.3 is 14.2 Å². The van der Waals surface area contributed by atoms with Crippen molar-refractivity contribution < 1.29 is 18.4 Å². The SMILES string of the molecule is O=C(C=Cc1nc2ccccc2o1)N1CCN(C(=O)Cc2ccccc2F)CC1. The lowest BCUT2D eigenvalue weighted by atomic mass is 10.1. The molecule has 2 heterocycles. The first-order valence-electron chi connectivity index (χ1n) is 9.44. The van der Waals surface area contributed by atoms with E-state index in [0.29, 0.717) is 43.2 Å². The molecule has 0 atom stereocenters. The third-order valence-electron chi connectivity index (χ3n) is 4.92. The Hall–Kier alpha value is -3.48. The second-order valence-electron chi connectivity index (χ2n) is 6.83. The fraction of sp³-hybridized carbons (Fsp3) is 0.227. The predicted molar refractivity (Wildman–Crippen MR) is 106 cm³/mol. The highest BCUT2D eigenvalue weighted by atomic mass is 19.1. The van der Waals surface area contributed by atoms with E-state index in [1.807, 2.05) is 24.3 Å². The fourth-order valence-electron chi connectivity index (χ4n) is 3.30. The van der Waals surface area contributed by atoms with Gasteiger partial charge >= 0.3 is 0 Å². The molecule has 0 bridgehead atoms. The maximum Gasteiger partial charge on any atom is 0.246 e. The summed E-state index contributed by atoms with van der Waals surface area (Å²) in [6, 6.07) is 13.7. The Morgan fingerprint density at radius 2 is 1.69 bits per heavy atom. The molecular formula is C22H20FN3O3. The van der Waals surface area contributed by atoms with E-state index < -0.39 is 0 Å². The minimum absolute atomic E-state index is 0.0260. The molecular weight excluding hydrogens is 373 g/mol. The van der Waals surface area contributed by atoms with Crippen LogP contribution in [0.2, 0.25) is 0 Å². The van der Waals surface area contributed by atoms with Crippen LogP contribution < -0.4 is 0 Å². The number of oxazole rings is 1. The third-order valence-corrected chi connectivity index (χ3v) is 4.92. The summed E-state index contributed by atoms with van der Waals surface area (Å²) >= 11 is 0. The fourth-order valence-corrected chi connectivity index (χ4v) is 3.30. The van der Waals surface area contributed by atoms with E-state index in [2.05, 4.69) is 4.98 Å². The Balaban J connectivity index is 1.31. The van der Waals surface area contributed by atoms with Crippen LogP contribution in [0, 0.1) is 5.82 Å². The van der Waals surface area contributed by atoms with Gasteiger partial charge in [0, 0.05) is 38.3 Å². The van der Waals surface area contributed by atoms with E-state index in [1.54, 1.807) is 34.1 Å². The molecule has 0 radical (unpaired) electrons. The van der Waals surface area contributed by atoms with Crippen molar-refractivity contribution in [1.29, 1.82) is 0 Å². The zero-order valence-corrected chi connectivity index (χ0v) is 15.8. The largest absolute Gasteiger partial charge is 0.437 e. The molecule has 1 aromatic heterocycles. The zero-order valence-electron chi connectivity index (χ0n) is 15.8. The Morgan fingerprint density at radius 3 is 2.45 bits per heavy atom. The van der Waals surface area contributed by atoms with Gasteiger partial charge in [-0.2, -0.15) is 0 Å². The zero-order chi connectivity index (χ0) is 20.2. The number of carbonyl (C=O) groups is 2. The van der Waals surface area contributed by atoms with Crippen LogP contribution in [0.4, 0.5) is 4.39 Å². The first-order valence-corrected chi connectivity index (χ1v) is 9.44. The molecule has 0 N–H and O–H groups in total. The van der Waals surface area contributed by atoms with E-state index in [4.69, 9.17) is 4.42 Å². The number of rotatable bonds is 4. The quantitative estimate of drug-likeness (QED) is 0.640. The van der Waals surface area contributed by atoms with Crippen molar-refractivity contribution in [3.63, 3.8) is 0 Å². The summed E-state index contributed by atoms with van der Waals surface area (Å²) in [5, 5.41) is 0. The average Bonchev–Trinajstić information content (AvgIpc) is 3.17. The lowest BCUT2D eigenvalue weighted by Crippen LogP contribution is -2.50. The highest BCUT2D eigenvalue weighted by molar-refractivity contribution is 5.91. The van der Waals surface area contributed by atoms with E-state index in [1.165, 1.54) is 12.1 Å². The van der Waals surface area contributed by atoms with Crippen LogP contribution in [0.3, 0.4) is 0 Å². The number of halogens is 1. The smallest absolute Gasteiger partial charge is 0.246 e. The minimum atomic E-state index is -0.376. The van der Waals surface area contributed by atoms with Crippen molar-refractivity contribution in [3.05, 3.63) is 71.9 Å². The predicted octanol–water partition coefficient (Wildman–Crippen LogP) is 2.89. The van der Waals surface area contributed by atoms with Crippen molar-refractivity contribution in [2.45, 2.75) is 6.42 Å². The number of fused-ring (bicyclic) bond motifs is 1. The van der Waals surface area contributed by atoms with Crippen molar-refractivity contribution >= 4 is 29.0 Å². The summed E-state index contributed by atoms with van der Waals surface area (Å²) in [5.41, 5.74) is 1.79. The number of nitrogens with zero attached hydrogens (tertiary/aromatic N) is 3. The molecule has 1 aliphatic heterocycles. The Morgan fingerprint density at radius 1 is 1.00 bits per heavy atom. The molecule has 7 heteroatoms. The molecule has 4 rings (SSSR count). The number of amides is 2. The van der Waals surface area contributed by atoms with Gasteiger partial charge in [-0.15, -0.1) is 0 Å². The van der Waals surface area contributed by atoms with Crippen LogP contribution in [0.25, 0.3) is 17.2 Å². The van der Waals surface area contributed by atoms with E-state index in [0.717, 1.165) is 5.52 Å². The first-order chi connectivity index (χ1) is 14.1. The van der Waals surface area contributed by atoms with Crippen molar-refractivity contribution in [2.75, 3.05) is 26.2 Å². The molecule has 6 nitrogen and oxygen atoms in total. The van der Waals surface area contributed by atoms with Gasteiger partial charge in [-0.05, 0) is 23.8 Å². The van der Waals surface area contributed by atoms with Crippen LogP contribution in [0.1, 0.15) is 11.5 Å². The van der Waals surface area contributed by atoms with E-state index >= 15 is 0 Å². The molecule has 0 spiro atoms. The topological polar surface area (TPSA) is 66.7 Å². The van der Waals surface area contributed by atoms with Crippen LogP contribution in [0.5, 0.6) is 0 Å². The van der Waals surface area contributed by atoms with Gasteiger partial charge in [0.25, 0.3) is 0 Å². The van der Waals surface area contributed by atoms with E-state index in [-0.39, 0.29) is 24.1 Å². The molecule has 3 aromatic rings. The monoisotopic (exact) mass is 393 g/mol. The highest BCUT2D eigenvalue weighted by Crippen LogP contribution is 2.16. The molecule has 1 saturated heterocycles. The van der Waals surface area contributed by atoms with Gasteiger partial charge in [0.15, 0.2) is 5.58 Å². The number of hydrogen-bond acceptors (Lipinski definition) is 4. The molecule has 2 amide bonds. The molecule has 148 valence electrons. The second kappa shape index (κ2) is 8.26. The number of benzene rings is 2. The number of aromatic nitrogens is 1. The Kier molecular flexibility index (Phi) is 5.37. The van der Waals surface area contributed by atoms with Crippen molar-refractivity contribution in [1.82, 2.24) is 14.8 Å². The van der Waals surface area contributed by atoms with Crippen LogP contribution in [-0.2, 0) is 16.0 Å². The van der Waals surface area contributed by atoms with Gasteiger partial charge in [-0.25, -0.2) is 9.37 Å². The number of hydrogen-bond donors (Lipinski definition) is 0. The second-order valence-corrected chi connectivity index (χ2v) is 6.83. The highest BCUT2D eigenvalue weighted by Gasteiger charge is 2.23. The summed E-state index contributed by atoms with van der Waals surface area (Å²) in [6.07, 6.45) is 3.01. The lowest BCUT2D eigenvalue weighted by Gasteiger charge is -2.34. The van der Waals surface area contributed by atoms with Crippen LogP contribution >= 0.6 is 0 Å². The number of carbonyl (C=O) groups excluding carboxylic acids is 2. The summed E-state index contributed by atoms with van der Waals surface area (Å²) in [6.45, 7) is 1.71. The summed E-state index contributed by atoms with van der Waals surface area (Å²) in [4.78, 5) is 32.5. The van der Waals surface area contributed by atoms with Gasteiger partial charge in [-0.3, -0.25) is 9.59 Å². The molecule has 29 heavy (non-hydrogen) atoms. The maximum atomic E-state index is 13.7. The van der Waals surface area contributed by atoms with Gasteiger partial charge in [0.05, 0.1) is 6.42 Å². The van der Waals surface area contributed by atoms with Gasteiger partial charge in [0.1, 0.15) is 11.3 Å². The summed E-state index contributed by atoms with van der Waals surface area (Å²) in [7, 11) is 0. The molecule has 1 fully saturated rings. The van der Waals surface area contributed by atoms with Gasteiger partial charge in [0.2, 0.25) is 17.7 Å². The molecule has 0 saturated carbocycles. The molecule has 2 aromatic carbocycles. The normalized spacial score (nSPS) is 14.7. The van der Waals surface area contributed by atoms with Crippen molar-refractivity contribution in [2.24, 2.45) is 0 Å². The standard InChI is InChI=1S/C22H20FN3O3/c23-17-6-2-1-5-16(17)15-22(28)26-13-11-25(12-14-26)21(27)10-9-20-24-18-7-3-4-8-19(18)29-20/h1-10H,11-15H2.